The molecule has 0 aliphatic carbocycles. The molecule has 3 aromatic rings. The van der Waals surface area contributed by atoms with Gasteiger partial charge in [-0.2, -0.15) is 11.3 Å². The van der Waals surface area contributed by atoms with E-state index >= 15 is 0 Å². The van der Waals surface area contributed by atoms with E-state index in [-0.39, 0.29) is 11.8 Å². The lowest BCUT2D eigenvalue weighted by atomic mass is 10.2. The zero-order valence-corrected chi connectivity index (χ0v) is 17.0. The lowest BCUT2D eigenvalue weighted by molar-refractivity contribution is -0.117. The molecular weight excluding hydrogens is 402 g/mol. The molecule has 1 aliphatic rings. The van der Waals surface area contributed by atoms with Crippen LogP contribution in [0.3, 0.4) is 0 Å². The quantitative estimate of drug-likeness (QED) is 0.663. The number of aromatic nitrogens is 2. The summed E-state index contributed by atoms with van der Waals surface area (Å²) in [4.78, 5) is 36.4. The van der Waals surface area contributed by atoms with E-state index in [0.717, 1.165) is 29.2 Å². The van der Waals surface area contributed by atoms with Crippen LogP contribution in [0.15, 0.2) is 22.2 Å². The number of carbonyl (C=O) groups excluding carboxylic acids is 2. The summed E-state index contributed by atoms with van der Waals surface area (Å²) in [7, 11) is 0. The maximum Gasteiger partial charge on any atom is 0.258 e. The molecule has 4 rings (SSSR count). The Balaban J connectivity index is 1.35. The Kier molecular flexibility index (Phi) is 5.30. The molecular formula is C17H17N5O2S3. The van der Waals surface area contributed by atoms with Crippen molar-refractivity contribution < 1.29 is 9.59 Å². The molecule has 0 bridgehead atoms. The molecule has 2 amide bonds. The van der Waals surface area contributed by atoms with Gasteiger partial charge in [0, 0.05) is 35.1 Å². The number of fused-ring (bicyclic) bond motifs is 1. The van der Waals surface area contributed by atoms with Crippen molar-refractivity contribution in [3.05, 3.63) is 44.0 Å². The molecule has 27 heavy (non-hydrogen) atoms. The molecule has 10 heteroatoms. The number of carbonyl (C=O) groups is 2. The molecule has 7 nitrogen and oxygen atoms in total. The van der Waals surface area contributed by atoms with Crippen molar-refractivity contribution in [1.82, 2.24) is 14.9 Å². The SMILES string of the molecule is Cc1csc(NC(=O)CN2CCc3nc(NC(=O)c4ccsc4)sc3C2)n1. The van der Waals surface area contributed by atoms with Crippen LogP contribution in [-0.4, -0.2) is 39.8 Å². The molecule has 0 spiro atoms. The molecule has 3 aromatic heterocycles. The molecule has 0 atom stereocenters. The highest BCUT2D eigenvalue weighted by Crippen LogP contribution is 2.28. The van der Waals surface area contributed by atoms with Crippen LogP contribution in [0.25, 0.3) is 0 Å². The number of amides is 2. The van der Waals surface area contributed by atoms with Crippen molar-refractivity contribution >= 4 is 56.1 Å². The second-order valence-corrected chi connectivity index (χ2v) is 8.88. The number of rotatable bonds is 5. The minimum Gasteiger partial charge on any atom is -0.301 e. The van der Waals surface area contributed by atoms with E-state index in [2.05, 4.69) is 25.5 Å². The summed E-state index contributed by atoms with van der Waals surface area (Å²) in [6.45, 7) is 3.63. The van der Waals surface area contributed by atoms with Gasteiger partial charge >= 0.3 is 0 Å². The van der Waals surface area contributed by atoms with Gasteiger partial charge in [-0.15, -0.1) is 22.7 Å². The lowest BCUT2D eigenvalue weighted by Gasteiger charge is -2.24. The first-order valence-electron chi connectivity index (χ1n) is 8.33. The predicted octanol–water partition coefficient (Wildman–Crippen LogP) is 3.22. The topological polar surface area (TPSA) is 87.2 Å². The number of anilines is 2. The van der Waals surface area contributed by atoms with E-state index < -0.39 is 0 Å². The zero-order valence-electron chi connectivity index (χ0n) is 14.5. The van der Waals surface area contributed by atoms with Gasteiger partial charge in [0.2, 0.25) is 5.91 Å². The first-order valence-corrected chi connectivity index (χ1v) is 11.0. The summed E-state index contributed by atoms with van der Waals surface area (Å²) in [5.74, 6) is -0.208. The Bertz CT molecular complexity index is 963. The summed E-state index contributed by atoms with van der Waals surface area (Å²) in [5, 5.41) is 12.5. The number of thiazole rings is 2. The molecule has 0 saturated carbocycles. The van der Waals surface area contributed by atoms with Crippen molar-refractivity contribution in [3.63, 3.8) is 0 Å². The van der Waals surface area contributed by atoms with E-state index in [9.17, 15) is 9.59 Å². The average molecular weight is 420 g/mol. The van der Waals surface area contributed by atoms with Gasteiger partial charge in [0.25, 0.3) is 5.91 Å². The Labute approximate surface area is 168 Å². The molecule has 0 unspecified atom stereocenters. The van der Waals surface area contributed by atoms with E-state index in [1.807, 2.05) is 23.1 Å². The molecule has 4 heterocycles. The van der Waals surface area contributed by atoms with Crippen molar-refractivity contribution in [2.45, 2.75) is 19.9 Å². The van der Waals surface area contributed by atoms with Crippen molar-refractivity contribution in [1.29, 1.82) is 0 Å². The highest BCUT2D eigenvalue weighted by Gasteiger charge is 2.23. The number of nitrogens with one attached hydrogen (secondary N) is 2. The Morgan fingerprint density at radius 2 is 2.11 bits per heavy atom. The normalized spacial score (nSPS) is 14.0. The molecule has 2 N–H and O–H groups in total. The fourth-order valence-electron chi connectivity index (χ4n) is 2.77. The Hall–Kier alpha value is -2.14. The largest absolute Gasteiger partial charge is 0.301 e. The van der Waals surface area contributed by atoms with Gasteiger partial charge in [0.1, 0.15) is 0 Å². The maximum atomic E-state index is 12.2. The maximum absolute atomic E-state index is 12.2. The molecule has 140 valence electrons. The van der Waals surface area contributed by atoms with Crippen LogP contribution in [0.2, 0.25) is 0 Å². The van der Waals surface area contributed by atoms with Gasteiger partial charge in [-0.1, -0.05) is 0 Å². The van der Waals surface area contributed by atoms with Crippen LogP contribution < -0.4 is 10.6 Å². The number of nitrogens with zero attached hydrogens (tertiary/aromatic N) is 3. The van der Waals surface area contributed by atoms with E-state index in [1.54, 1.807) is 6.07 Å². The van der Waals surface area contributed by atoms with Crippen molar-refractivity contribution in [3.8, 4) is 0 Å². The van der Waals surface area contributed by atoms with Gasteiger partial charge < -0.3 is 5.32 Å². The standard InChI is InChI=1S/C17H17N5O2S3/c1-10-8-26-16(18-10)20-14(23)7-22-4-2-12-13(6-22)27-17(19-12)21-15(24)11-3-5-25-9-11/h3,5,8-9H,2,4,6-7H2,1H3,(H,18,20,23)(H,19,21,24). The first kappa shape index (κ1) is 18.2. The summed E-state index contributed by atoms with van der Waals surface area (Å²) in [6.07, 6.45) is 0.768. The molecule has 0 fully saturated rings. The third-order valence-electron chi connectivity index (χ3n) is 4.05. The zero-order chi connectivity index (χ0) is 18.8. The summed E-state index contributed by atoms with van der Waals surface area (Å²) in [6, 6.07) is 1.79. The fraction of sp³-hybridized carbons (Fsp3) is 0.294. The minimum absolute atomic E-state index is 0.0664. The number of thiophene rings is 1. The third kappa shape index (κ3) is 4.41. The minimum atomic E-state index is -0.141. The Morgan fingerprint density at radius 3 is 2.85 bits per heavy atom. The first-order chi connectivity index (χ1) is 13.1. The van der Waals surface area contributed by atoms with Crippen LogP contribution in [0.5, 0.6) is 0 Å². The number of hydrogen-bond donors (Lipinski definition) is 2. The molecule has 0 saturated heterocycles. The van der Waals surface area contributed by atoms with Crippen LogP contribution in [0.4, 0.5) is 10.3 Å². The number of aryl methyl sites for hydroxylation is 1. The fourth-order valence-corrected chi connectivity index (χ4v) is 5.16. The molecule has 0 radical (unpaired) electrons. The highest BCUT2D eigenvalue weighted by atomic mass is 32.1. The van der Waals surface area contributed by atoms with E-state index in [1.165, 1.54) is 34.0 Å². The second kappa shape index (κ2) is 7.85. The van der Waals surface area contributed by atoms with Crippen LogP contribution in [-0.2, 0) is 17.8 Å². The predicted molar refractivity (Wildman–Crippen MR) is 109 cm³/mol. The molecule has 1 aliphatic heterocycles. The lowest BCUT2D eigenvalue weighted by Crippen LogP contribution is -2.36. The van der Waals surface area contributed by atoms with Gasteiger partial charge in [-0.05, 0) is 18.4 Å². The Morgan fingerprint density at radius 1 is 1.22 bits per heavy atom. The van der Waals surface area contributed by atoms with Crippen LogP contribution in [0, 0.1) is 6.92 Å². The summed E-state index contributed by atoms with van der Waals surface area (Å²) >= 11 is 4.39. The van der Waals surface area contributed by atoms with E-state index in [0.29, 0.717) is 28.9 Å². The van der Waals surface area contributed by atoms with Crippen molar-refractivity contribution in [2.24, 2.45) is 0 Å². The van der Waals surface area contributed by atoms with E-state index in [4.69, 9.17) is 0 Å². The van der Waals surface area contributed by atoms with Gasteiger partial charge in [-0.3, -0.25) is 19.8 Å². The van der Waals surface area contributed by atoms with Crippen molar-refractivity contribution in [2.75, 3.05) is 23.7 Å². The van der Waals surface area contributed by atoms with Crippen LogP contribution in [0.1, 0.15) is 26.6 Å². The number of hydrogen-bond acceptors (Lipinski definition) is 8. The molecule has 0 aromatic carbocycles. The van der Waals surface area contributed by atoms with Gasteiger partial charge in [-0.25, -0.2) is 9.97 Å². The van der Waals surface area contributed by atoms with Crippen LogP contribution >= 0.6 is 34.0 Å². The highest BCUT2D eigenvalue weighted by molar-refractivity contribution is 7.16. The third-order valence-corrected chi connectivity index (χ3v) is 6.60. The average Bonchev–Trinajstić information content (AvgIpc) is 3.35. The monoisotopic (exact) mass is 419 g/mol. The summed E-state index contributed by atoms with van der Waals surface area (Å²) in [5.41, 5.74) is 2.55. The smallest absolute Gasteiger partial charge is 0.258 e. The van der Waals surface area contributed by atoms with Gasteiger partial charge in [0.05, 0.1) is 23.5 Å². The second-order valence-electron chi connectivity index (χ2n) is 6.16. The summed E-state index contributed by atoms with van der Waals surface area (Å²) < 4.78 is 0. The van der Waals surface area contributed by atoms with Gasteiger partial charge in [0.15, 0.2) is 10.3 Å².